The van der Waals surface area contributed by atoms with E-state index >= 15 is 0 Å². The zero-order valence-corrected chi connectivity index (χ0v) is 12.9. The molecule has 21 heavy (non-hydrogen) atoms. The van der Waals surface area contributed by atoms with Gasteiger partial charge in [-0.25, -0.2) is 8.42 Å². The standard InChI is InChI=1S/C16H16O4S/c1-11-9-13(7-8-15(11)20-2)16(17)12-5-4-6-14(10-12)21(3,18)19/h4-10H,1-3H3. The predicted molar refractivity (Wildman–Crippen MR) is 80.7 cm³/mol. The summed E-state index contributed by atoms with van der Waals surface area (Å²) in [6.07, 6.45) is 1.12. The van der Waals surface area contributed by atoms with E-state index in [0.717, 1.165) is 11.8 Å². The lowest BCUT2D eigenvalue weighted by atomic mass is 10.0. The van der Waals surface area contributed by atoms with Crippen LogP contribution in [0.1, 0.15) is 21.5 Å². The Hall–Kier alpha value is -2.14. The van der Waals surface area contributed by atoms with Gasteiger partial charge in [-0.3, -0.25) is 4.79 Å². The highest BCUT2D eigenvalue weighted by Crippen LogP contribution is 2.21. The van der Waals surface area contributed by atoms with Crippen molar-refractivity contribution < 1.29 is 17.9 Å². The van der Waals surface area contributed by atoms with Crippen molar-refractivity contribution in [3.63, 3.8) is 0 Å². The fraction of sp³-hybridized carbons (Fsp3) is 0.188. The number of sulfone groups is 1. The van der Waals surface area contributed by atoms with Gasteiger partial charge in [-0.2, -0.15) is 0 Å². The Morgan fingerprint density at radius 2 is 1.71 bits per heavy atom. The number of hydrogen-bond donors (Lipinski definition) is 0. The van der Waals surface area contributed by atoms with Crippen molar-refractivity contribution in [1.82, 2.24) is 0 Å². The third kappa shape index (κ3) is 3.31. The fourth-order valence-electron chi connectivity index (χ4n) is 2.05. The van der Waals surface area contributed by atoms with Gasteiger partial charge < -0.3 is 4.74 Å². The molecule has 0 fully saturated rings. The van der Waals surface area contributed by atoms with E-state index in [2.05, 4.69) is 0 Å². The van der Waals surface area contributed by atoms with Gasteiger partial charge in [0.2, 0.25) is 0 Å². The smallest absolute Gasteiger partial charge is 0.193 e. The first-order chi connectivity index (χ1) is 9.82. The lowest BCUT2D eigenvalue weighted by Gasteiger charge is -2.07. The van der Waals surface area contributed by atoms with E-state index in [1.807, 2.05) is 6.92 Å². The number of methoxy groups -OCH3 is 1. The average Bonchev–Trinajstić information content (AvgIpc) is 2.45. The summed E-state index contributed by atoms with van der Waals surface area (Å²) in [6.45, 7) is 1.85. The van der Waals surface area contributed by atoms with E-state index in [9.17, 15) is 13.2 Å². The number of ketones is 1. The maximum atomic E-state index is 12.4. The number of benzene rings is 2. The summed E-state index contributed by atoms with van der Waals surface area (Å²) >= 11 is 0. The monoisotopic (exact) mass is 304 g/mol. The molecular weight excluding hydrogens is 288 g/mol. The van der Waals surface area contributed by atoms with Gasteiger partial charge in [-0.15, -0.1) is 0 Å². The van der Waals surface area contributed by atoms with E-state index in [0.29, 0.717) is 16.9 Å². The highest BCUT2D eigenvalue weighted by Gasteiger charge is 2.14. The molecule has 0 radical (unpaired) electrons. The molecule has 5 heteroatoms. The Labute approximate surface area is 124 Å². The van der Waals surface area contributed by atoms with Crippen LogP contribution in [-0.2, 0) is 9.84 Å². The molecule has 0 amide bonds. The van der Waals surface area contributed by atoms with E-state index in [-0.39, 0.29) is 10.7 Å². The Kier molecular flexibility index (Phi) is 4.14. The lowest BCUT2D eigenvalue weighted by Crippen LogP contribution is -2.04. The zero-order valence-electron chi connectivity index (χ0n) is 12.1. The Morgan fingerprint density at radius 3 is 2.29 bits per heavy atom. The van der Waals surface area contributed by atoms with Crippen molar-refractivity contribution in [2.24, 2.45) is 0 Å². The van der Waals surface area contributed by atoms with Crippen LogP contribution < -0.4 is 4.74 Å². The molecule has 2 aromatic carbocycles. The van der Waals surface area contributed by atoms with Crippen molar-refractivity contribution in [2.75, 3.05) is 13.4 Å². The Balaban J connectivity index is 2.43. The number of aryl methyl sites for hydroxylation is 1. The summed E-state index contributed by atoms with van der Waals surface area (Å²) in [6, 6.07) is 11.2. The van der Waals surface area contributed by atoms with Gasteiger partial charge in [-0.1, -0.05) is 12.1 Å². The quantitative estimate of drug-likeness (QED) is 0.815. The maximum absolute atomic E-state index is 12.4. The first-order valence-electron chi connectivity index (χ1n) is 6.32. The van der Waals surface area contributed by atoms with Crippen molar-refractivity contribution in [3.8, 4) is 5.75 Å². The summed E-state index contributed by atoms with van der Waals surface area (Å²) in [4.78, 5) is 12.6. The van der Waals surface area contributed by atoms with Gasteiger partial charge in [0.15, 0.2) is 15.6 Å². The van der Waals surface area contributed by atoms with Gasteiger partial charge in [0.05, 0.1) is 12.0 Å². The largest absolute Gasteiger partial charge is 0.496 e. The molecule has 0 atom stereocenters. The van der Waals surface area contributed by atoms with Crippen LogP contribution >= 0.6 is 0 Å². The first kappa shape index (κ1) is 15.3. The SMILES string of the molecule is COc1ccc(C(=O)c2cccc(S(C)(=O)=O)c2)cc1C. The molecule has 0 aromatic heterocycles. The molecule has 110 valence electrons. The van der Waals surface area contributed by atoms with E-state index in [1.54, 1.807) is 37.4 Å². The molecule has 4 nitrogen and oxygen atoms in total. The van der Waals surface area contributed by atoms with Crippen molar-refractivity contribution in [2.45, 2.75) is 11.8 Å². The van der Waals surface area contributed by atoms with Crippen LogP contribution in [0.15, 0.2) is 47.4 Å². The molecular formula is C16H16O4S. The van der Waals surface area contributed by atoms with E-state index in [1.165, 1.54) is 12.1 Å². The highest BCUT2D eigenvalue weighted by molar-refractivity contribution is 7.90. The molecule has 0 heterocycles. The number of rotatable bonds is 4. The third-order valence-corrected chi connectivity index (χ3v) is 4.29. The van der Waals surface area contributed by atoms with Crippen molar-refractivity contribution in [3.05, 3.63) is 59.2 Å². The minimum absolute atomic E-state index is 0.138. The molecule has 0 bridgehead atoms. The molecule has 0 unspecified atom stereocenters. The van der Waals surface area contributed by atoms with E-state index in [4.69, 9.17) is 4.74 Å². The van der Waals surface area contributed by atoms with Crippen LogP contribution in [0, 0.1) is 6.92 Å². The molecule has 0 saturated heterocycles. The Morgan fingerprint density at radius 1 is 1.05 bits per heavy atom. The second-order valence-electron chi connectivity index (χ2n) is 4.81. The van der Waals surface area contributed by atoms with Gasteiger partial charge in [0.1, 0.15) is 5.75 Å². The topological polar surface area (TPSA) is 60.4 Å². The van der Waals surface area contributed by atoms with Crippen molar-refractivity contribution in [1.29, 1.82) is 0 Å². The van der Waals surface area contributed by atoms with Crippen LogP contribution in [0.3, 0.4) is 0 Å². The lowest BCUT2D eigenvalue weighted by molar-refractivity contribution is 0.103. The van der Waals surface area contributed by atoms with Crippen LogP contribution in [0.4, 0.5) is 0 Å². The number of carbonyl (C=O) groups is 1. The average molecular weight is 304 g/mol. The fourth-order valence-corrected chi connectivity index (χ4v) is 2.72. The summed E-state index contributed by atoms with van der Waals surface area (Å²) in [5, 5.41) is 0. The molecule has 0 spiro atoms. The van der Waals surface area contributed by atoms with Crippen molar-refractivity contribution >= 4 is 15.6 Å². The van der Waals surface area contributed by atoms with Crippen LogP contribution in [0.2, 0.25) is 0 Å². The van der Waals surface area contributed by atoms with Gasteiger partial charge in [0.25, 0.3) is 0 Å². The molecule has 2 aromatic rings. The zero-order chi connectivity index (χ0) is 15.6. The van der Waals surface area contributed by atoms with Gasteiger partial charge in [0, 0.05) is 17.4 Å². The minimum Gasteiger partial charge on any atom is -0.496 e. The number of ether oxygens (including phenoxy) is 1. The summed E-state index contributed by atoms with van der Waals surface area (Å²) < 4.78 is 28.3. The van der Waals surface area contributed by atoms with E-state index < -0.39 is 9.84 Å². The van der Waals surface area contributed by atoms with Crippen LogP contribution in [0.5, 0.6) is 5.75 Å². The van der Waals surface area contributed by atoms with Gasteiger partial charge in [-0.05, 0) is 42.8 Å². The number of carbonyl (C=O) groups excluding carboxylic acids is 1. The molecule has 0 aliphatic rings. The summed E-state index contributed by atoms with van der Waals surface area (Å²) in [5.74, 6) is 0.489. The highest BCUT2D eigenvalue weighted by atomic mass is 32.2. The minimum atomic E-state index is -3.33. The normalized spacial score (nSPS) is 11.2. The first-order valence-corrected chi connectivity index (χ1v) is 8.21. The molecule has 0 aliphatic heterocycles. The number of hydrogen-bond acceptors (Lipinski definition) is 4. The third-order valence-electron chi connectivity index (χ3n) is 3.18. The molecule has 0 saturated carbocycles. The van der Waals surface area contributed by atoms with Crippen LogP contribution in [-0.4, -0.2) is 27.6 Å². The summed E-state index contributed by atoms with van der Waals surface area (Å²) in [5.41, 5.74) is 1.70. The molecule has 2 rings (SSSR count). The van der Waals surface area contributed by atoms with Gasteiger partial charge >= 0.3 is 0 Å². The Bertz CT molecular complexity index is 792. The molecule has 0 N–H and O–H groups in total. The van der Waals surface area contributed by atoms with Crippen LogP contribution in [0.25, 0.3) is 0 Å². The summed E-state index contributed by atoms with van der Waals surface area (Å²) in [7, 11) is -1.76. The second-order valence-corrected chi connectivity index (χ2v) is 6.83. The molecule has 0 aliphatic carbocycles. The second kappa shape index (κ2) is 5.69. The predicted octanol–water partition coefficient (Wildman–Crippen LogP) is 2.64. The maximum Gasteiger partial charge on any atom is 0.193 e.